The molecule has 0 bridgehead atoms. The van der Waals surface area contributed by atoms with E-state index in [0.29, 0.717) is 0 Å². The third kappa shape index (κ3) is 7.91. The van der Waals surface area contributed by atoms with Crippen LogP contribution in [0.1, 0.15) is 158 Å². The molecule has 0 unspecified atom stereocenters. The predicted octanol–water partition coefficient (Wildman–Crippen LogP) is 17.3. The fraction of sp³-hybridized carbons (Fsp3) is 0.343. The Balaban J connectivity index is 1.40. The summed E-state index contributed by atoms with van der Waals surface area (Å²) in [6.07, 6.45) is 0. The van der Waals surface area contributed by atoms with Crippen molar-refractivity contribution in [1.82, 2.24) is 9.13 Å². The molecule has 0 saturated heterocycles. The van der Waals surface area contributed by atoms with E-state index < -0.39 is 0 Å². The number of hydrogen-bond acceptors (Lipinski definition) is 1. The fourth-order valence-electron chi connectivity index (χ4n) is 12.5. The van der Waals surface area contributed by atoms with Crippen LogP contribution in [0, 0.1) is 0 Å². The standard InChI is InChI=1S/C70H78BN3/c1-65(2,3)45-29-33-49(34-30-45)72(50-35-31-46(32-36-50)66(4,5)6)51-41-56-60-57(42-51)74-62(44-27-23-20-24-28-44)59(70(16,17)18)53-38-48(68(10,11)12)40-55(64(53)74)71(60)54-39-47(67(7,8)9)37-52-58(69(13,14)15)61(73(56)63(52)54)43-25-21-19-22-26-43/h19-42H,1-18H3. The number of anilines is 3. The second-order valence-corrected chi connectivity index (χ2v) is 28.0. The summed E-state index contributed by atoms with van der Waals surface area (Å²) in [5.41, 5.74) is 25.3. The molecular formula is C70H78BN3. The van der Waals surface area contributed by atoms with Crippen LogP contribution in [0.4, 0.5) is 17.1 Å². The van der Waals surface area contributed by atoms with E-state index in [4.69, 9.17) is 0 Å². The summed E-state index contributed by atoms with van der Waals surface area (Å²) in [6, 6.07) is 56.8. The topological polar surface area (TPSA) is 13.1 Å². The summed E-state index contributed by atoms with van der Waals surface area (Å²) in [4.78, 5) is 2.53. The highest BCUT2D eigenvalue weighted by molar-refractivity contribution is 7.00. The molecule has 2 aliphatic rings. The molecule has 4 heteroatoms. The molecule has 0 atom stereocenters. The van der Waals surface area contributed by atoms with Gasteiger partial charge in [-0.15, -0.1) is 0 Å². The van der Waals surface area contributed by atoms with Gasteiger partial charge in [0.1, 0.15) is 0 Å². The third-order valence-corrected chi connectivity index (χ3v) is 16.3. The Hall–Kier alpha value is -6.52. The SMILES string of the molecule is CC(C)(C)c1ccc(N(c2ccc(C(C)(C)C)cc2)c2cc3c4c(c2)-n2c(-c5ccccc5)c(C(C)(C)C)c5cc(C(C)(C)C)cc(c52)B4c2cc(C(C)(C)C)cc4c(C(C)(C)C)c(-c5ccccc5)n-3c24)cc1. The number of rotatable bonds is 5. The molecule has 0 spiro atoms. The lowest BCUT2D eigenvalue weighted by Crippen LogP contribution is -2.60. The van der Waals surface area contributed by atoms with Crippen LogP contribution in [0.3, 0.4) is 0 Å². The molecule has 9 aromatic rings. The van der Waals surface area contributed by atoms with E-state index in [9.17, 15) is 0 Å². The Morgan fingerprint density at radius 3 is 0.986 bits per heavy atom. The second kappa shape index (κ2) is 16.5. The van der Waals surface area contributed by atoms with Crippen LogP contribution in [-0.4, -0.2) is 15.8 Å². The lowest BCUT2D eigenvalue weighted by atomic mass is 9.34. The number of aromatic nitrogens is 2. The average Bonchev–Trinajstić information content (AvgIpc) is 3.87. The smallest absolute Gasteiger partial charge is 0.252 e. The van der Waals surface area contributed by atoms with Crippen molar-refractivity contribution in [3.05, 3.63) is 179 Å². The number of hydrogen-bond donors (Lipinski definition) is 0. The number of fused-ring (bicyclic) bond motifs is 4. The van der Waals surface area contributed by atoms with Gasteiger partial charge in [0.15, 0.2) is 0 Å². The second-order valence-electron chi connectivity index (χ2n) is 28.0. The van der Waals surface area contributed by atoms with Crippen molar-refractivity contribution >= 4 is 62.0 Å². The number of nitrogens with zero attached hydrogens (tertiary/aromatic N) is 3. The molecule has 0 radical (unpaired) electrons. The van der Waals surface area contributed by atoms with Gasteiger partial charge in [-0.1, -0.05) is 222 Å². The van der Waals surface area contributed by atoms with Gasteiger partial charge in [-0.2, -0.15) is 0 Å². The van der Waals surface area contributed by atoms with Crippen molar-refractivity contribution < 1.29 is 0 Å². The van der Waals surface area contributed by atoms with Crippen LogP contribution in [0.15, 0.2) is 146 Å². The van der Waals surface area contributed by atoms with Gasteiger partial charge in [-0.25, -0.2) is 0 Å². The zero-order valence-corrected chi connectivity index (χ0v) is 47.8. The minimum atomic E-state index is -0.189. The largest absolute Gasteiger partial charge is 0.310 e. The lowest BCUT2D eigenvalue weighted by Gasteiger charge is -2.37. The van der Waals surface area contributed by atoms with Crippen molar-refractivity contribution in [3.63, 3.8) is 0 Å². The van der Waals surface area contributed by atoms with E-state index in [1.54, 1.807) is 0 Å². The van der Waals surface area contributed by atoms with Crippen molar-refractivity contribution in [3.8, 4) is 33.9 Å². The van der Waals surface area contributed by atoms with E-state index >= 15 is 0 Å². The van der Waals surface area contributed by atoms with Crippen LogP contribution < -0.4 is 21.3 Å². The highest BCUT2D eigenvalue weighted by atomic mass is 15.2. The normalized spacial score (nSPS) is 13.8. The van der Waals surface area contributed by atoms with E-state index in [-0.39, 0.29) is 39.2 Å². The first-order valence-corrected chi connectivity index (χ1v) is 27.3. The molecule has 376 valence electrons. The van der Waals surface area contributed by atoms with Crippen molar-refractivity contribution in [1.29, 1.82) is 0 Å². The molecular weight excluding hydrogens is 894 g/mol. The van der Waals surface area contributed by atoms with E-state index in [1.165, 1.54) is 105 Å². The molecule has 2 aromatic heterocycles. The molecule has 0 aliphatic carbocycles. The molecule has 2 aliphatic heterocycles. The highest BCUT2D eigenvalue weighted by Gasteiger charge is 2.46. The minimum Gasteiger partial charge on any atom is -0.310 e. The van der Waals surface area contributed by atoms with Gasteiger partial charge in [-0.3, -0.25) is 0 Å². The Bertz CT molecular complexity index is 3430. The van der Waals surface area contributed by atoms with Crippen LogP contribution in [0.25, 0.3) is 55.7 Å². The summed E-state index contributed by atoms with van der Waals surface area (Å²) in [5.74, 6) is 0. The number of benzene rings is 7. The quantitative estimate of drug-likeness (QED) is 0.157. The summed E-state index contributed by atoms with van der Waals surface area (Å²) >= 11 is 0. The summed E-state index contributed by atoms with van der Waals surface area (Å²) in [5, 5.41) is 2.71. The van der Waals surface area contributed by atoms with Gasteiger partial charge in [-0.05, 0) is 142 Å². The van der Waals surface area contributed by atoms with E-state index in [2.05, 4.69) is 284 Å². The predicted molar refractivity (Wildman–Crippen MR) is 323 cm³/mol. The van der Waals surface area contributed by atoms with Gasteiger partial charge >= 0.3 is 0 Å². The van der Waals surface area contributed by atoms with Crippen LogP contribution in [-0.2, 0) is 32.5 Å². The van der Waals surface area contributed by atoms with Crippen LogP contribution in [0.2, 0.25) is 0 Å². The van der Waals surface area contributed by atoms with Gasteiger partial charge in [0.2, 0.25) is 0 Å². The molecule has 7 aromatic carbocycles. The summed E-state index contributed by atoms with van der Waals surface area (Å²) in [7, 11) is 0. The Kier molecular flexibility index (Phi) is 11.1. The van der Waals surface area contributed by atoms with Crippen molar-refractivity contribution in [2.24, 2.45) is 0 Å². The van der Waals surface area contributed by atoms with Crippen LogP contribution >= 0.6 is 0 Å². The monoisotopic (exact) mass is 972 g/mol. The van der Waals surface area contributed by atoms with Crippen molar-refractivity contribution in [2.45, 2.75) is 157 Å². The molecule has 0 saturated carbocycles. The Labute approximate surface area is 443 Å². The van der Waals surface area contributed by atoms with Crippen molar-refractivity contribution in [2.75, 3.05) is 4.90 Å². The van der Waals surface area contributed by atoms with Gasteiger partial charge in [0, 0.05) is 44.6 Å². The summed E-state index contributed by atoms with van der Waals surface area (Å²) < 4.78 is 5.45. The van der Waals surface area contributed by atoms with Gasteiger partial charge in [0.25, 0.3) is 6.71 Å². The third-order valence-electron chi connectivity index (χ3n) is 16.3. The average molecular weight is 972 g/mol. The van der Waals surface area contributed by atoms with Gasteiger partial charge in [0.05, 0.1) is 17.1 Å². The highest BCUT2D eigenvalue weighted by Crippen LogP contribution is 2.50. The Morgan fingerprint density at radius 1 is 0.338 bits per heavy atom. The molecule has 0 amide bonds. The maximum absolute atomic E-state index is 2.72. The molecule has 0 fully saturated rings. The maximum Gasteiger partial charge on any atom is 0.252 e. The fourth-order valence-corrected chi connectivity index (χ4v) is 12.5. The molecule has 74 heavy (non-hydrogen) atoms. The first-order valence-electron chi connectivity index (χ1n) is 27.3. The maximum atomic E-state index is 2.72. The first-order chi connectivity index (χ1) is 34.5. The Morgan fingerprint density at radius 2 is 0.676 bits per heavy atom. The first kappa shape index (κ1) is 49.7. The molecule has 11 rings (SSSR count). The van der Waals surface area contributed by atoms with E-state index in [1.807, 2.05) is 0 Å². The van der Waals surface area contributed by atoms with Gasteiger partial charge < -0.3 is 14.0 Å². The molecule has 4 heterocycles. The lowest BCUT2D eigenvalue weighted by molar-refractivity contribution is 0.588. The zero-order chi connectivity index (χ0) is 53.0. The van der Waals surface area contributed by atoms with Crippen LogP contribution in [0.5, 0.6) is 0 Å². The summed E-state index contributed by atoms with van der Waals surface area (Å²) in [6.45, 7) is 42.7. The zero-order valence-electron chi connectivity index (χ0n) is 47.8. The molecule has 0 N–H and O–H groups in total. The van der Waals surface area contributed by atoms with E-state index in [0.717, 1.165) is 17.1 Å². The minimum absolute atomic E-state index is 0.0139. The molecule has 3 nitrogen and oxygen atoms in total.